The summed E-state index contributed by atoms with van der Waals surface area (Å²) in [7, 11) is 0. The van der Waals surface area contributed by atoms with Crippen LogP contribution in [0.5, 0.6) is 5.75 Å². The summed E-state index contributed by atoms with van der Waals surface area (Å²) in [5, 5.41) is 10.3. The van der Waals surface area contributed by atoms with Crippen LogP contribution in [0.25, 0.3) is 17.1 Å². The molecule has 0 aliphatic rings. The molecule has 3 aromatic rings. The van der Waals surface area contributed by atoms with E-state index in [0.717, 1.165) is 27.9 Å². The molecule has 142 valence electrons. The summed E-state index contributed by atoms with van der Waals surface area (Å²) >= 11 is 8.02. The van der Waals surface area contributed by atoms with E-state index in [1.807, 2.05) is 66.9 Å². The van der Waals surface area contributed by atoms with Gasteiger partial charge >= 0.3 is 0 Å². The van der Waals surface area contributed by atoms with Crippen molar-refractivity contribution in [1.29, 1.82) is 0 Å². The lowest BCUT2D eigenvalue weighted by molar-refractivity contribution is 0.164. The summed E-state index contributed by atoms with van der Waals surface area (Å²) in [5.74, 6) is 2.34. The molecule has 0 radical (unpaired) electrons. The predicted molar refractivity (Wildman–Crippen MR) is 110 cm³/mol. The average Bonchev–Trinajstić information content (AvgIpc) is 3.10. The Morgan fingerprint density at radius 3 is 2.48 bits per heavy atom. The van der Waals surface area contributed by atoms with Gasteiger partial charge in [0.1, 0.15) is 5.75 Å². The summed E-state index contributed by atoms with van der Waals surface area (Å²) in [6.07, 6.45) is 0. The van der Waals surface area contributed by atoms with Gasteiger partial charge in [0.15, 0.2) is 11.0 Å². The maximum atomic E-state index is 6.41. The molecule has 0 spiro atoms. The van der Waals surface area contributed by atoms with E-state index in [2.05, 4.69) is 10.2 Å². The second kappa shape index (κ2) is 9.78. The standard InChI is InChI=1S/C20H22ClN3O2S/c1-3-25-13-14-27-20-23-22-19(17-7-5-6-8-18(17)21)24(20)15-9-11-16(12-10-15)26-4-2/h5-12H,3-4,13-14H2,1-2H3. The van der Waals surface area contributed by atoms with Gasteiger partial charge in [0.25, 0.3) is 0 Å². The first kappa shape index (κ1) is 19.7. The first-order valence-corrected chi connectivity index (χ1v) is 10.2. The monoisotopic (exact) mass is 403 g/mol. The summed E-state index contributed by atoms with van der Waals surface area (Å²) in [5.41, 5.74) is 1.80. The van der Waals surface area contributed by atoms with Crippen molar-refractivity contribution >= 4 is 23.4 Å². The number of hydrogen-bond acceptors (Lipinski definition) is 5. The van der Waals surface area contributed by atoms with Crippen LogP contribution in [-0.4, -0.2) is 40.3 Å². The van der Waals surface area contributed by atoms with Gasteiger partial charge in [-0.3, -0.25) is 4.57 Å². The lowest BCUT2D eigenvalue weighted by Gasteiger charge is -2.12. The molecule has 5 nitrogen and oxygen atoms in total. The smallest absolute Gasteiger partial charge is 0.196 e. The van der Waals surface area contributed by atoms with Crippen LogP contribution in [0.3, 0.4) is 0 Å². The van der Waals surface area contributed by atoms with E-state index >= 15 is 0 Å². The van der Waals surface area contributed by atoms with Gasteiger partial charge in [-0.05, 0) is 50.2 Å². The summed E-state index contributed by atoms with van der Waals surface area (Å²) < 4.78 is 13.0. The molecule has 0 atom stereocenters. The fourth-order valence-corrected chi connectivity index (χ4v) is 3.63. The lowest BCUT2D eigenvalue weighted by Crippen LogP contribution is -2.02. The van der Waals surface area contributed by atoms with Crippen molar-refractivity contribution in [2.24, 2.45) is 0 Å². The van der Waals surface area contributed by atoms with Crippen molar-refractivity contribution < 1.29 is 9.47 Å². The average molecular weight is 404 g/mol. The Balaban J connectivity index is 1.99. The van der Waals surface area contributed by atoms with Gasteiger partial charge in [-0.1, -0.05) is 35.5 Å². The molecule has 2 aromatic carbocycles. The number of halogens is 1. The number of benzene rings is 2. The Bertz CT molecular complexity index is 868. The second-order valence-corrected chi connectivity index (χ2v) is 7.06. The van der Waals surface area contributed by atoms with E-state index in [9.17, 15) is 0 Å². The van der Waals surface area contributed by atoms with Crippen LogP contribution < -0.4 is 4.74 Å². The zero-order valence-corrected chi connectivity index (χ0v) is 17.0. The number of hydrogen-bond donors (Lipinski definition) is 0. The fourth-order valence-electron chi connectivity index (χ4n) is 2.61. The van der Waals surface area contributed by atoms with Gasteiger partial charge in [-0.25, -0.2) is 0 Å². The summed E-state index contributed by atoms with van der Waals surface area (Å²) in [6, 6.07) is 15.6. The van der Waals surface area contributed by atoms with Crippen LogP contribution in [0.2, 0.25) is 5.02 Å². The first-order valence-electron chi connectivity index (χ1n) is 8.88. The van der Waals surface area contributed by atoms with Crippen LogP contribution in [0.1, 0.15) is 13.8 Å². The zero-order valence-electron chi connectivity index (χ0n) is 15.4. The molecular formula is C20H22ClN3O2S. The molecule has 0 saturated carbocycles. The van der Waals surface area contributed by atoms with Gasteiger partial charge < -0.3 is 9.47 Å². The second-order valence-electron chi connectivity index (χ2n) is 5.59. The molecule has 0 saturated heterocycles. The van der Waals surface area contributed by atoms with E-state index < -0.39 is 0 Å². The molecule has 0 fully saturated rings. The Morgan fingerprint density at radius 1 is 1.00 bits per heavy atom. The number of nitrogens with zero attached hydrogens (tertiary/aromatic N) is 3. The van der Waals surface area contributed by atoms with Gasteiger partial charge in [-0.15, -0.1) is 10.2 Å². The van der Waals surface area contributed by atoms with E-state index in [4.69, 9.17) is 21.1 Å². The summed E-state index contributed by atoms with van der Waals surface area (Å²) in [6.45, 7) is 5.96. The Morgan fingerprint density at radius 2 is 1.78 bits per heavy atom. The molecule has 1 aromatic heterocycles. The Kier molecular flexibility index (Phi) is 7.15. The van der Waals surface area contributed by atoms with Crippen molar-refractivity contribution in [2.45, 2.75) is 19.0 Å². The third-order valence-electron chi connectivity index (χ3n) is 3.82. The Labute approximate surface area is 168 Å². The number of thioether (sulfide) groups is 1. The minimum atomic E-state index is 0.634. The van der Waals surface area contributed by atoms with Crippen LogP contribution in [0.4, 0.5) is 0 Å². The third kappa shape index (κ3) is 4.83. The SMILES string of the molecule is CCOCCSc1nnc(-c2ccccc2Cl)n1-c1ccc(OCC)cc1. The largest absolute Gasteiger partial charge is 0.494 e. The number of ether oxygens (including phenoxy) is 2. The molecule has 0 N–H and O–H groups in total. The Hall–Kier alpha value is -2.02. The van der Waals surface area contributed by atoms with E-state index in [1.54, 1.807) is 11.8 Å². The highest BCUT2D eigenvalue weighted by Crippen LogP contribution is 2.32. The van der Waals surface area contributed by atoms with Crippen molar-refractivity contribution in [3.8, 4) is 22.8 Å². The molecule has 3 rings (SSSR count). The third-order valence-corrected chi connectivity index (χ3v) is 5.04. The molecule has 0 aliphatic heterocycles. The maximum Gasteiger partial charge on any atom is 0.196 e. The topological polar surface area (TPSA) is 49.2 Å². The molecular weight excluding hydrogens is 382 g/mol. The van der Waals surface area contributed by atoms with E-state index in [-0.39, 0.29) is 0 Å². The van der Waals surface area contributed by atoms with Crippen molar-refractivity contribution in [1.82, 2.24) is 14.8 Å². The highest BCUT2D eigenvalue weighted by atomic mass is 35.5. The van der Waals surface area contributed by atoms with Crippen LogP contribution >= 0.6 is 23.4 Å². The minimum Gasteiger partial charge on any atom is -0.494 e. The number of aromatic nitrogens is 3. The van der Waals surface area contributed by atoms with Crippen LogP contribution in [0, 0.1) is 0 Å². The van der Waals surface area contributed by atoms with Crippen LogP contribution in [0.15, 0.2) is 53.7 Å². The maximum absolute atomic E-state index is 6.41. The van der Waals surface area contributed by atoms with Gasteiger partial charge in [0.05, 0.1) is 18.2 Å². The zero-order chi connectivity index (χ0) is 19.1. The predicted octanol–water partition coefficient (Wildman–Crippen LogP) is 5.12. The highest BCUT2D eigenvalue weighted by molar-refractivity contribution is 7.99. The normalized spacial score (nSPS) is 10.9. The number of rotatable bonds is 9. The van der Waals surface area contributed by atoms with Gasteiger partial charge in [0.2, 0.25) is 0 Å². The molecule has 0 bridgehead atoms. The lowest BCUT2D eigenvalue weighted by atomic mass is 10.2. The molecule has 0 amide bonds. The van der Waals surface area contributed by atoms with E-state index in [0.29, 0.717) is 30.7 Å². The van der Waals surface area contributed by atoms with Gasteiger partial charge in [-0.2, -0.15) is 0 Å². The van der Waals surface area contributed by atoms with Gasteiger partial charge in [0, 0.05) is 23.6 Å². The first-order chi connectivity index (χ1) is 13.2. The fraction of sp³-hybridized carbons (Fsp3) is 0.300. The van der Waals surface area contributed by atoms with E-state index in [1.165, 1.54) is 0 Å². The molecule has 7 heteroatoms. The molecule has 0 aliphatic carbocycles. The van der Waals surface area contributed by atoms with Crippen LogP contribution in [-0.2, 0) is 4.74 Å². The summed E-state index contributed by atoms with van der Waals surface area (Å²) in [4.78, 5) is 0. The molecule has 27 heavy (non-hydrogen) atoms. The highest BCUT2D eigenvalue weighted by Gasteiger charge is 2.18. The molecule has 1 heterocycles. The minimum absolute atomic E-state index is 0.634. The quantitative estimate of drug-likeness (QED) is 0.367. The van der Waals surface area contributed by atoms with Crippen molar-refractivity contribution in [2.75, 3.05) is 25.6 Å². The van der Waals surface area contributed by atoms with Crippen molar-refractivity contribution in [3.05, 3.63) is 53.6 Å². The molecule has 0 unspecified atom stereocenters. The van der Waals surface area contributed by atoms with Crippen molar-refractivity contribution in [3.63, 3.8) is 0 Å².